The Balaban J connectivity index is 1.99. The molecule has 1 fully saturated rings. The minimum Gasteiger partial charge on any atom is -0.481 e. The summed E-state index contributed by atoms with van der Waals surface area (Å²) in [6.07, 6.45) is 4.16. The lowest BCUT2D eigenvalue weighted by Crippen LogP contribution is -2.23. The molecule has 21 heavy (non-hydrogen) atoms. The number of halogens is 1. The van der Waals surface area contributed by atoms with Crippen LogP contribution < -0.4 is 0 Å². The number of thiazole rings is 1. The van der Waals surface area contributed by atoms with E-state index in [1.807, 2.05) is 17.5 Å². The fourth-order valence-electron chi connectivity index (χ4n) is 3.14. The summed E-state index contributed by atoms with van der Waals surface area (Å²) in [5.41, 5.74) is 1.52. The zero-order valence-electron chi connectivity index (χ0n) is 11.5. The molecule has 0 aliphatic heterocycles. The van der Waals surface area contributed by atoms with Gasteiger partial charge in [0, 0.05) is 10.8 Å². The van der Waals surface area contributed by atoms with E-state index in [9.17, 15) is 9.18 Å². The molecule has 1 N–H and O–H groups in total. The Bertz CT molecular complexity index is 645. The second-order valence-corrected chi connectivity index (χ2v) is 6.37. The molecule has 1 aromatic heterocycles. The predicted octanol–water partition coefficient (Wildman–Crippen LogP) is 3.77. The molecule has 1 aliphatic rings. The second kappa shape index (κ2) is 5.56. The molecule has 1 saturated carbocycles. The zero-order valence-corrected chi connectivity index (χ0v) is 12.3. The first-order chi connectivity index (χ1) is 10.1. The van der Waals surface area contributed by atoms with E-state index < -0.39 is 5.97 Å². The van der Waals surface area contributed by atoms with Crippen molar-refractivity contribution in [3.63, 3.8) is 0 Å². The number of carboxylic acid groups (broad SMARTS) is 1. The Morgan fingerprint density at radius 2 is 1.95 bits per heavy atom. The van der Waals surface area contributed by atoms with Crippen LogP contribution in [0.5, 0.6) is 0 Å². The van der Waals surface area contributed by atoms with Gasteiger partial charge in [0.2, 0.25) is 0 Å². The highest BCUT2D eigenvalue weighted by atomic mass is 32.1. The summed E-state index contributed by atoms with van der Waals surface area (Å²) in [5.74, 6) is -1.10. The van der Waals surface area contributed by atoms with E-state index in [1.54, 1.807) is 0 Å². The van der Waals surface area contributed by atoms with Gasteiger partial charge in [0.15, 0.2) is 0 Å². The van der Waals surface area contributed by atoms with Gasteiger partial charge in [-0.05, 0) is 30.5 Å². The summed E-state index contributed by atoms with van der Waals surface area (Å²) >= 11 is 1.52. The molecule has 0 bridgehead atoms. The van der Waals surface area contributed by atoms with Crippen LogP contribution in [0.3, 0.4) is 0 Å². The van der Waals surface area contributed by atoms with E-state index >= 15 is 0 Å². The van der Waals surface area contributed by atoms with E-state index in [1.165, 1.54) is 23.5 Å². The van der Waals surface area contributed by atoms with Crippen molar-refractivity contribution >= 4 is 17.3 Å². The number of hydrogen-bond donors (Lipinski definition) is 1. The van der Waals surface area contributed by atoms with Crippen molar-refractivity contribution in [3.8, 4) is 0 Å². The van der Waals surface area contributed by atoms with Crippen LogP contribution in [0.1, 0.15) is 41.9 Å². The van der Waals surface area contributed by atoms with Crippen LogP contribution in [0.2, 0.25) is 0 Å². The summed E-state index contributed by atoms with van der Waals surface area (Å²) in [4.78, 5) is 15.4. The predicted molar refractivity (Wildman–Crippen MR) is 79.1 cm³/mol. The molecule has 2 aromatic rings. The number of carbonyl (C=O) groups is 1. The van der Waals surface area contributed by atoms with Crippen molar-refractivity contribution in [2.75, 3.05) is 0 Å². The van der Waals surface area contributed by atoms with Gasteiger partial charge < -0.3 is 5.11 Å². The van der Waals surface area contributed by atoms with Crippen molar-refractivity contribution < 1.29 is 14.3 Å². The summed E-state index contributed by atoms with van der Waals surface area (Å²) in [7, 11) is 0. The Morgan fingerprint density at radius 1 is 1.29 bits per heavy atom. The molecule has 1 aromatic carbocycles. The van der Waals surface area contributed by atoms with Crippen molar-refractivity contribution in [2.45, 2.75) is 37.5 Å². The molecule has 0 spiro atoms. The standard InChI is InChI=1S/C16H16FNO2S/c17-12-5-3-11(4-6-12)16(7-1-2-8-16)15-18-13(10-21-15)9-14(19)20/h3-6,10H,1-2,7-9H2,(H,19,20). The number of rotatable bonds is 4. The number of nitrogens with zero attached hydrogens (tertiary/aromatic N) is 1. The monoisotopic (exact) mass is 305 g/mol. The maximum Gasteiger partial charge on any atom is 0.309 e. The fourth-order valence-corrected chi connectivity index (χ4v) is 4.24. The molecule has 1 heterocycles. The molecule has 0 unspecified atom stereocenters. The molecule has 0 saturated heterocycles. The van der Waals surface area contributed by atoms with Gasteiger partial charge in [-0.25, -0.2) is 9.37 Å². The van der Waals surface area contributed by atoms with Crippen LogP contribution in [0.4, 0.5) is 4.39 Å². The molecule has 1 aliphatic carbocycles. The van der Waals surface area contributed by atoms with E-state index in [4.69, 9.17) is 5.11 Å². The number of aromatic nitrogens is 1. The van der Waals surface area contributed by atoms with Crippen LogP contribution in [0, 0.1) is 5.82 Å². The highest BCUT2D eigenvalue weighted by molar-refractivity contribution is 7.09. The maximum atomic E-state index is 13.2. The molecule has 3 nitrogen and oxygen atoms in total. The van der Waals surface area contributed by atoms with Crippen LogP contribution in [0.25, 0.3) is 0 Å². The van der Waals surface area contributed by atoms with Gasteiger partial charge in [-0.3, -0.25) is 4.79 Å². The van der Waals surface area contributed by atoms with Crippen LogP contribution in [0.15, 0.2) is 29.6 Å². The van der Waals surface area contributed by atoms with Gasteiger partial charge in [-0.1, -0.05) is 25.0 Å². The molecular formula is C16H16FNO2S. The van der Waals surface area contributed by atoms with Gasteiger partial charge in [-0.2, -0.15) is 0 Å². The smallest absolute Gasteiger partial charge is 0.309 e. The van der Waals surface area contributed by atoms with Crippen LogP contribution >= 0.6 is 11.3 Å². The lowest BCUT2D eigenvalue weighted by Gasteiger charge is -2.27. The van der Waals surface area contributed by atoms with Gasteiger partial charge in [-0.15, -0.1) is 11.3 Å². The highest BCUT2D eigenvalue weighted by Crippen LogP contribution is 2.47. The minimum atomic E-state index is -0.867. The SMILES string of the molecule is O=C(O)Cc1csc(C2(c3ccc(F)cc3)CCCC2)n1. The third-order valence-corrected chi connectivity index (χ3v) is 5.24. The van der Waals surface area contributed by atoms with Crippen LogP contribution in [-0.4, -0.2) is 16.1 Å². The Kier molecular flexibility index (Phi) is 3.76. The summed E-state index contributed by atoms with van der Waals surface area (Å²) < 4.78 is 13.2. The minimum absolute atomic E-state index is 0.0456. The first kappa shape index (κ1) is 14.2. The third kappa shape index (κ3) is 2.70. The van der Waals surface area contributed by atoms with E-state index in [2.05, 4.69) is 4.98 Å². The van der Waals surface area contributed by atoms with E-state index in [0.29, 0.717) is 5.69 Å². The lowest BCUT2D eigenvalue weighted by molar-refractivity contribution is -0.136. The van der Waals surface area contributed by atoms with Crippen molar-refractivity contribution in [3.05, 3.63) is 51.7 Å². The summed E-state index contributed by atoms with van der Waals surface area (Å²) in [6.45, 7) is 0. The number of aliphatic carboxylic acids is 1. The van der Waals surface area contributed by atoms with Gasteiger partial charge >= 0.3 is 5.97 Å². The highest BCUT2D eigenvalue weighted by Gasteiger charge is 2.40. The first-order valence-corrected chi connectivity index (χ1v) is 7.91. The Hall–Kier alpha value is -1.75. The van der Waals surface area contributed by atoms with E-state index in [0.717, 1.165) is 36.3 Å². The van der Waals surface area contributed by atoms with Gasteiger partial charge in [0.25, 0.3) is 0 Å². The maximum absolute atomic E-state index is 13.2. The normalized spacial score (nSPS) is 17.0. The van der Waals surface area contributed by atoms with Crippen molar-refractivity contribution in [1.82, 2.24) is 4.98 Å². The summed E-state index contributed by atoms with van der Waals surface area (Å²) in [6, 6.07) is 6.64. The average Bonchev–Trinajstić information content (AvgIpc) is 3.08. The number of benzene rings is 1. The summed E-state index contributed by atoms with van der Waals surface area (Å²) in [5, 5.41) is 11.7. The topological polar surface area (TPSA) is 50.2 Å². The molecule has 5 heteroatoms. The molecule has 0 amide bonds. The van der Waals surface area contributed by atoms with Crippen molar-refractivity contribution in [2.24, 2.45) is 0 Å². The lowest BCUT2D eigenvalue weighted by atomic mass is 9.79. The average molecular weight is 305 g/mol. The number of carboxylic acids is 1. The first-order valence-electron chi connectivity index (χ1n) is 7.03. The second-order valence-electron chi connectivity index (χ2n) is 5.51. The molecule has 0 radical (unpaired) electrons. The zero-order chi connectivity index (χ0) is 14.9. The third-order valence-electron chi connectivity index (χ3n) is 4.15. The Morgan fingerprint density at radius 3 is 2.57 bits per heavy atom. The Labute approximate surface area is 126 Å². The fraction of sp³-hybridized carbons (Fsp3) is 0.375. The molecular weight excluding hydrogens is 289 g/mol. The quantitative estimate of drug-likeness (QED) is 0.935. The van der Waals surface area contributed by atoms with E-state index in [-0.39, 0.29) is 17.7 Å². The molecule has 110 valence electrons. The number of hydrogen-bond acceptors (Lipinski definition) is 3. The van der Waals surface area contributed by atoms with Crippen molar-refractivity contribution in [1.29, 1.82) is 0 Å². The van der Waals surface area contributed by atoms with Gasteiger partial charge in [0.05, 0.1) is 12.1 Å². The van der Waals surface area contributed by atoms with Crippen LogP contribution in [-0.2, 0) is 16.6 Å². The molecule has 0 atom stereocenters. The molecule has 3 rings (SSSR count). The largest absolute Gasteiger partial charge is 0.481 e. The van der Waals surface area contributed by atoms with Gasteiger partial charge in [0.1, 0.15) is 10.8 Å².